The molecule has 10 heteroatoms. The Morgan fingerprint density at radius 3 is 2.34 bits per heavy atom. The number of aryl methyl sites for hydroxylation is 2. The first-order valence-electron chi connectivity index (χ1n) is 14.8. The second-order valence-electron chi connectivity index (χ2n) is 11.2. The fourth-order valence-electron chi connectivity index (χ4n) is 5.46. The third-order valence-corrected chi connectivity index (χ3v) is 9.62. The van der Waals surface area contributed by atoms with Crippen molar-refractivity contribution < 1.29 is 14.3 Å². The van der Waals surface area contributed by atoms with Gasteiger partial charge in [0.25, 0.3) is 11.5 Å². The lowest BCUT2D eigenvalue weighted by Crippen LogP contribution is -2.40. The van der Waals surface area contributed by atoms with E-state index in [4.69, 9.17) is 37.7 Å². The van der Waals surface area contributed by atoms with Crippen LogP contribution in [0.4, 0.5) is 5.69 Å². The fourth-order valence-corrected chi connectivity index (χ4v) is 6.83. The number of nitrogens with one attached hydrogen (secondary N) is 1. The zero-order chi connectivity index (χ0) is 33.2. The van der Waals surface area contributed by atoms with E-state index in [1.807, 2.05) is 92.7 Å². The SMILES string of the molecule is COc1ccc([C@@H]2C(C(=O)Nc3ccc(C)cc3C)=C(C)N=c3s/c(=C/c4ccc(OCc5ccc(Cl)c(Cl)c5)cc4)c(=O)n32)cc1. The molecular weight excluding hydrogens is 653 g/mol. The van der Waals surface area contributed by atoms with E-state index < -0.39 is 6.04 Å². The number of nitrogens with zero attached hydrogens (tertiary/aromatic N) is 2. The van der Waals surface area contributed by atoms with Gasteiger partial charge in [-0.15, -0.1) is 0 Å². The number of carbonyl (C=O) groups excluding carboxylic acids is 1. The van der Waals surface area contributed by atoms with Crippen molar-refractivity contribution in [2.75, 3.05) is 12.4 Å². The highest BCUT2D eigenvalue weighted by molar-refractivity contribution is 7.07. The minimum Gasteiger partial charge on any atom is -0.497 e. The van der Waals surface area contributed by atoms with E-state index in [0.29, 0.717) is 54.4 Å². The van der Waals surface area contributed by atoms with Crippen molar-refractivity contribution in [1.82, 2.24) is 4.57 Å². The van der Waals surface area contributed by atoms with Gasteiger partial charge in [-0.2, -0.15) is 0 Å². The molecule has 0 fully saturated rings. The van der Waals surface area contributed by atoms with Crippen LogP contribution in [-0.4, -0.2) is 17.6 Å². The Morgan fingerprint density at radius 1 is 0.936 bits per heavy atom. The van der Waals surface area contributed by atoms with E-state index in [1.165, 1.54) is 11.3 Å². The summed E-state index contributed by atoms with van der Waals surface area (Å²) in [6, 6.07) is 25.4. The summed E-state index contributed by atoms with van der Waals surface area (Å²) >= 11 is 13.4. The molecule has 0 saturated heterocycles. The van der Waals surface area contributed by atoms with Crippen LogP contribution in [0, 0.1) is 13.8 Å². The van der Waals surface area contributed by atoms with Gasteiger partial charge in [0, 0.05) is 5.69 Å². The molecule has 0 spiro atoms. The highest BCUT2D eigenvalue weighted by Crippen LogP contribution is 2.32. The Hall–Kier alpha value is -4.63. The fraction of sp³-hybridized carbons (Fsp3) is 0.162. The lowest BCUT2D eigenvalue weighted by Gasteiger charge is -2.25. The molecule has 47 heavy (non-hydrogen) atoms. The second kappa shape index (κ2) is 13.6. The van der Waals surface area contributed by atoms with Gasteiger partial charge in [-0.05, 0) is 91.6 Å². The minimum atomic E-state index is -0.692. The lowest BCUT2D eigenvalue weighted by atomic mass is 9.95. The van der Waals surface area contributed by atoms with Gasteiger partial charge in [-0.25, -0.2) is 4.99 Å². The van der Waals surface area contributed by atoms with Gasteiger partial charge >= 0.3 is 0 Å². The summed E-state index contributed by atoms with van der Waals surface area (Å²) < 4.78 is 13.4. The number of allylic oxidation sites excluding steroid dienone is 1. The van der Waals surface area contributed by atoms with E-state index in [-0.39, 0.29) is 11.5 Å². The van der Waals surface area contributed by atoms with E-state index in [0.717, 1.165) is 27.8 Å². The van der Waals surface area contributed by atoms with Gasteiger partial charge in [0.2, 0.25) is 0 Å². The molecule has 1 amide bonds. The molecule has 0 bridgehead atoms. The Kier molecular flexibility index (Phi) is 9.36. The summed E-state index contributed by atoms with van der Waals surface area (Å²) in [6.45, 7) is 6.10. The molecule has 0 radical (unpaired) electrons. The molecule has 1 aromatic heterocycles. The Bertz CT molecular complexity index is 2200. The largest absolute Gasteiger partial charge is 0.497 e. The molecule has 0 unspecified atom stereocenters. The molecular formula is C37H31Cl2N3O4S. The minimum absolute atomic E-state index is 0.237. The normalized spacial score (nSPS) is 14.4. The van der Waals surface area contributed by atoms with Gasteiger partial charge in [0.15, 0.2) is 4.80 Å². The van der Waals surface area contributed by atoms with Crippen molar-refractivity contribution in [2.45, 2.75) is 33.4 Å². The standard InChI is InChI=1S/C37H31Cl2N3O4S/c1-21-5-16-31(22(2)17-21)41-35(43)33-23(3)40-37-42(34(33)26-9-13-27(45-4)14-10-26)36(44)32(47-37)19-24-6-11-28(12-7-24)46-20-25-8-15-29(38)30(39)18-25/h5-19,34H,20H2,1-4H3,(H,41,43)/b32-19+/t34-/m1/s1. The Morgan fingerprint density at radius 2 is 1.66 bits per heavy atom. The highest BCUT2D eigenvalue weighted by Gasteiger charge is 2.32. The maximum Gasteiger partial charge on any atom is 0.271 e. The number of hydrogen-bond donors (Lipinski definition) is 1. The topological polar surface area (TPSA) is 81.9 Å². The number of halogens is 2. The average molecular weight is 685 g/mol. The molecule has 4 aromatic carbocycles. The number of hydrogen-bond acceptors (Lipinski definition) is 6. The number of rotatable bonds is 8. The van der Waals surface area contributed by atoms with E-state index in [2.05, 4.69) is 5.32 Å². The molecule has 0 aliphatic carbocycles. The third kappa shape index (κ3) is 6.90. The predicted octanol–water partition coefficient (Wildman–Crippen LogP) is 7.39. The molecule has 7 nitrogen and oxygen atoms in total. The molecule has 1 aliphatic rings. The second-order valence-corrected chi connectivity index (χ2v) is 13.1. The smallest absolute Gasteiger partial charge is 0.271 e. The van der Waals surface area contributed by atoms with Crippen molar-refractivity contribution >= 4 is 52.2 Å². The quantitative estimate of drug-likeness (QED) is 0.185. The van der Waals surface area contributed by atoms with Crippen molar-refractivity contribution in [2.24, 2.45) is 4.99 Å². The Labute approximate surface area is 286 Å². The monoisotopic (exact) mass is 683 g/mol. The molecule has 5 aromatic rings. The number of ether oxygens (including phenoxy) is 2. The van der Waals surface area contributed by atoms with Gasteiger partial charge in [-0.3, -0.25) is 14.2 Å². The first-order chi connectivity index (χ1) is 22.6. The van der Waals surface area contributed by atoms with Gasteiger partial charge < -0.3 is 14.8 Å². The number of methoxy groups -OCH3 is 1. The van der Waals surface area contributed by atoms with Crippen LogP contribution in [0.1, 0.15) is 40.8 Å². The summed E-state index contributed by atoms with van der Waals surface area (Å²) in [5.74, 6) is 1.03. The van der Waals surface area contributed by atoms with Crippen LogP contribution in [0.5, 0.6) is 11.5 Å². The number of aromatic nitrogens is 1. The van der Waals surface area contributed by atoms with Crippen molar-refractivity contribution in [1.29, 1.82) is 0 Å². The average Bonchev–Trinajstić information content (AvgIpc) is 3.36. The van der Waals surface area contributed by atoms with Crippen LogP contribution in [0.25, 0.3) is 6.08 Å². The zero-order valence-corrected chi connectivity index (χ0v) is 28.5. The molecule has 6 rings (SSSR count). The van der Waals surface area contributed by atoms with Crippen molar-refractivity contribution in [3.05, 3.63) is 154 Å². The van der Waals surface area contributed by atoms with Crippen molar-refractivity contribution in [3.8, 4) is 11.5 Å². The number of anilines is 1. The summed E-state index contributed by atoms with van der Waals surface area (Å²) in [7, 11) is 1.60. The first-order valence-corrected chi connectivity index (χ1v) is 16.4. The summed E-state index contributed by atoms with van der Waals surface area (Å²) in [4.78, 5) is 33.3. The maximum atomic E-state index is 14.1. The molecule has 0 saturated carbocycles. The van der Waals surface area contributed by atoms with E-state index >= 15 is 0 Å². The van der Waals surface area contributed by atoms with Gasteiger partial charge in [-0.1, -0.05) is 82.6 Å². The van der Waals surface area contributed by atoms with Crippen LogP contribution in [0.2, 0.25) is 10.0 Å². The van der Waals surface area contributed by atoms with Crippen LogP contribution in [-0.2, 0) is 11.4 Å². The highest BCUT2D eigenvalue weighted by atomic mass is 35.5. The molecule has 238 valence electrons. The molecule has 1 aliphatic heterocycles. The van der Waals surface area contributed by atoms with Gasteiger partial charge in [0.1, 0.15) is 18.1 Å². The lowest BCUT2D eigenvalue weighted by molar-refractivity contribution is -0.113. The molecule has 1 atom stereocenters. The zero-order valence-electron chi connectivity index (χ0n) is 26.1. The molecule has 2 heterocycles. The summed E-state index contributed by atoms with van der Waals surface area (Å²) in [6.07, 6.45) is 1.83. The maximum absolute atomic E-state index is 14.1. The number of fused-ring (bicyclic) bond motifs is 1. The number of thiazole rings is 1. The number of amides is 1. The van der Waals surface area contributed by atoms with Crippen LogP contribution in [0.15, 0.2) is 106 Å². The number of carbonyl (C=O) groups is 1. The van der Waals surface area contributed by atoms with E-state index in [9.17, 15) is 9.59 Å². The van der Waals surface area contributed by atoms with Crippen LogP contribution in [0.3, 0.4) is 0 Å². The third-order valence-electron chi connectivity index (χ3n) is 7.90. The van der Waals surface area contributed by atoms with Gasteiger partial charge in [0.05, 0.1) is 39.0 Å². The summed E-state index contributed by atoms with van der Waals surface area (Å²) in [5.41, 5.74) is 5.94. The Balaban J connectivity index is 1.34. The molecule has 1 N–H and O–H groups in total. The predicted molar refractivity (Wildman–Crippen MR) is 189 cm³/mol. The van der Waals surface area contributed by atoms with Crippen LogP contribution < -0.4 is 29.7 Å². The first kappa shape index (κ1) is 32.3. The van der Waals surface area contributed by atoms with Crippen molar-refractivity contribution in [3.63, 3.8) is 0 Å². The number of benzene rings is 4. The summed E-state index contributed by atoms with van der Waals surface area (Å²) in [5, 5.41) is 4.03. The van der Waals surface area contributed by atoms with E-state index in [1.54, 1.807) is 30.7 Å². The van der Waals surface area contributed by atoms with Crippen LogP contribution >= 0.6 is 34.5 Å².